The van der Waals surface area contributed by atoms with Crippen LogP contribution in [-0.2, 0) is 11.3 Å². The summed E-state index contributed by atoms with van der Waals surface area (Å²) in [6, 6.07) is 13.3. The zero-order valence-electron chi connectivity index (χ0n) is 14.0. The van der Waals surface area contributed by atoms with Crippen LogP contribution in [0, 0.1) is 6.92 Å². The van der Waals surface area contributed by atoms with E-state index in [0.717, 1.165) is 11.1 Å². The molecule has 1 aliphatic rings. The summed E-state index contributed by atoms with van der Waals surface area (Å²) in [6.45, 7) is 3.99. The van der Waals surface area contributed by atoms with Crippen LogP contribution >= 0.6 is 0 Å². The topological polar surface area (TPSA) is 89.4 Å². The van der Waals surface area contributed by atoms with Gasteiger partial charge >= 0.3 is 6.03 Å². The van der Waals surface area contributed by atoms with Crippen molar-refractivity contribution >= 4 is 23.3 Å². The number of carbonyl (C=O) groups is 2. The van der Waals surface area contributed by atoms with Crippen molar-refractivity contribution in [3.63, 3.8) is 0 Å². The second-order valence-electron chi connectivity index (χ2n) is 5.95. The third-order valence-electron chi connectivity index (χ3n) is 4.22. The number of hydrogen-bond acceptors (Lipinski definition) is 3. The van der Waals surface area contributed by atoms with Gasteiger partial charge in [0, 0.05) is 17.1 Å². The van der Waals surface area contributed by atoms with Gasteiger partial charge in [0.15, 0.2) is 0 Å². The largest absolute Gasteiger partial charge is 0.332 e. The fourth-order valence-electron chi connectivity index (χ4n) is 2.76. The van der Waals surface area contributed by atoms with E-state index in [1.54, 1.807) is 43.3 Å². The van der Waals surface area contributed by atoms with E-state index in [2.05, 4.69) is 10.0 Å². The van der Waals surface area contributed by atoms with Gasteiger partial charge in [-0.3, -0.25) is 4.79 Å². The van der Waals surface area contributed by atoms with Gasteiger partial charge in [-0.1, -0.05) is 47.1 Å². The van der Waals surface area contributed by atoms with Crippen molar-refractivity contribution in [1.82, 2.24) is 4.90 Å². The molecule has 126 valence electrons. The number of aryl methyl sites for hydroxylation is 1. The summed E-state index contributed by atoms with van der Waals surface area (Å²) >= 11 is 0. The average molecular weight is 335 g/mol. The first-order valence-corrected chi connectivity index (χ1v) is 7.86. The van der Waals surface area contributed by atoms with Crippen molar-refractivity contribution in [2.75, 3.05) is 4.90 Å². The predicted molar refractivity (Wildman–Crippen MR) is 94.3 cm³/mol. The van der Waals surface area contributed by atoms with Crippen LogP contribution < -0.4 is 4.90 Å². The van der Waals surface area contributed by atoms with Crippen LogP contribution in [0.2, 0.25) is 0 Å². The maximum absolute atomic E-state index is 12.7. The molecule has 7 heteroatoms. The standard InChI is InChI=1S/C18H17N5O2/c1-12-3-9-16(10-4-12)23-17(24)13(2)22(18(23)25)11-14-5-7-15(8-6-14)20-21-19/h3-10,13H,11H2,1-2H3/t13-/m0/s1. The Kier molecular flexibility index (Phi) is 4.41. The number of urea groups is 1. The van der Waals surface area contributed by atoms with E-state index in [9.17, 15) is 9.59 Å². The van der Waals surface area contributed by atoms with Crippen LogP contribution in [0.3, 0.4) is 0 Å². The number of imide groups is 1. The van der Waals surface area contributed by atoms with E-state index in [0.29, 0.717) is 17.9 Å². The number of benzene rings is 2. The maximum Gasteiger partial charge on any atom is 0.332 e. The lowest BCUT2D eigenvalue weighted by Gasteiger charge is -2.19. The quantitative estimate of drug-likeness (QED) is 0.361. The number of amides is 3. The van der Waals surface area contributed by atoms with Crippen LogP contribution in [0.5, 0.6) is 0 Å². The summed E-state index contributed by atoms with van der Waals surface area (Å²) in [4.78, 5) is 30.8. The summed E-state index contributed by atoms with van der Waals surface area (Å²) in [5.41, 5.74) is 11.4. The molecule has 2 aromatic rings. The van der Waals surface area contributed by atoms with E-state index < -0.39 is 6.04 Å². The Bertz CT molecular complexity index is 854. The van der Waals surface area contributed by atoms with Crippen LogP contribution in [-0.4, -0.2) is 22.9 Å². The highest BCUT2D eigenvalue weighted by Crippen LogP contribution is 2.27. The molecule has 7 nitrogen and oxygen atoms in total. The van der Waals surface area contributed by atoms with Gasteiger partial charge in [0.25, 0.3) is 5.91 Å². The van der Waals surface area contributed by atoms with Gasteiger partial charge in [0.05, 0.1) is 5.69 Å². The molecule has 25 heavy (non-hydrogen) atoms. The molecule has 0 N–H and O–H groups in total. The Labute approximate surface area is 145 Å². The van der Waals surface area contributed by atoms with Crippen molar-refractivity contribution < 1.29 is 9.59 Å². The molecule has 1 heterocycles. The van der Waals surface area contributed by atoms with Gasteiger partial charge in [-0.05, 0) is 37.1 Å². The molecule has 0 bridgehead atoms. The normalized spacial score (nSPS) is 17.0. The molecule has 1 saturated heterocycles. The molecule has 0 radical (unpaired) electrons. The van der Waals surface area contributed by atoms with Gasteiger partial charge in [-0.25, -0.2) is 9.69 Å². The van der Waals surface area contributed by atoms with E-state index in [1.165, 1.54) is 9.80 Å². The lowest BCUT2D eigenvalue weighted by atomic mass is 10.2. The van der Waals surface area contributed by atoms with Gasteiger partial charge in [0.1, 0.15) is 6.04 Å². The van der Waals surface area contributed by atoms with Gasteiger partial charge < -0.3 is 4.90 Å². The Hall–Kier alpha value is -3.31. The first kappa shape index (κ1) is 16.5. The molecule has 3 amide bonds. The lowest BCUT2D eigenvalue weighted by Crippen LogP contribution is -2.33. The zero-order valence-corrected chi connectivity index (χ0v) is 14.0. The minimum absolute atomic E-state index is 0.237. The van der Waals surface area contributed by atoms with Crippen molar-refractivity contribution in [3.05, 3.63) is 70.1 Å². The molecule has 0 spiro atoms. The summed E-state index contributed by atoms with van der Waals surface area (Å²) in [6.07, 6.45) is 0. The van der Waals surface area contributed by atoms with E-state index in [4.69, 9.17) is 5.53 Å². The highest BCUT2D eigenvalue weighted by atomic mass is 16.2. The third kappa shape index (κ3) is 3.18. The summed E-state index contributed by atoms with van der Waals surface area (Å²) < 4.78 is 0. The maximum atomic E-state index is 12.7. The number of nitrogens with zero attached hydrogens (tertiary/aromatic N) is 5. The molecule has 3 rings (SSSR count). The van der Waals surface area contributed by atoms with Crippen LogP contribution in [0.1, 0.15) is 18.1 Å². The van der Waals surface area contributed by atoms with Gasteiger partial charge in [-0.15, -0.1) is 0 Å². The van der Waals surface area contributed by atoms with Crippen molar-refractivity contribution in [3.8, 4) is 0 Å². The summed E-state index contributed by atoms with van der Waals surface area (Å²) in [5.74, 6) is -0.237. The van der Waals surface area contributed by atoms with Crippen molar-refractivity contribution in [2.24, 2.45) is 5.11 Å². The van der Waals surface area contributed by atoms with E-state index in [1.807, 2.05) is 19.1 Å². The van der Waals surface area contributed by atoms with E-state index in [-0.39, 0.29) is 11.9 Å². The van der Waals surface area contributed by atoms with Crippen molar-refractivity contribution in [1.29, 1.82) is 0 Å². The van der Waals surface area contributed by atoms with Crippen LogP contribution in [0.15, 0.2) is 53.6 Å². The highest BCUT2D eigenvalue weighted by Gasteiger charge is 2.43. The summed E-state index contributed by atoms with van der Waals surface area (Å²) in [7, 11) is 0. The summed E-state index contributed by atoms with van der Waals surface area (Å²) in [5, 5.41) is 3.52. The van der Waals surface area contributed by atoms with Crippen LogP contribution in [0.25, 0.3) is 10.4 Å². The Balaban J connectivity index is 1.82. The molecule has 1 aliphatic heterocycles. The van der Waals surface area contributed by atoms with Gasteiger partial charge in [0.2, 0.25) is 0 Å². The molecular formula is C18H17N5O2. The number of anilines is 1. The molecule has 0 saturated carbocycles. The van der Waals surface area contributed by atoms with Gasteiger partial charge in [-0.2, -0.15) is 0 Å². The number of rotatable bonds is 4. The fourth-order valence-corrected chi connectivity index (χ4v) is 2.76. The minimum Gasteiger partial charge on any atom is -0.308 e. The Morgan fingerprint density at radius 3 is 2.32 bits per heavy atom. The first-order valence-electron chi connectivity index (χ1n) is 7.86. The molecular weight excluding hydrogens is 318 g/mol. The van der Waals surface area contributed by atoms with Crippen molar-refractivity contribution in [2.45, 2.75) is 26.4 Å². The molecule has 0 aliphatic carbocycles. The monoisotopic (exact) mass is 335 g/mol. The minimum atomic E-state index is -0.536. The Morgan fingerprint density at radius 2 is 1.72 bits per heavy atom. The number of hydrogen-bond donors (Lipinski definition) is 0. The SMILES string of the molecule is Cc1ccc(N2C(=O)[C@H](C)N(Cc3ccc(N=[N+]=[N-])cc3)C2=O)cc1. The predicted octanol–water partition coefficient (Wildman–Crippen LogP) is 4.29. The number of azide groups is 1. The second-order valence-corrected chi connectivity index (χ2v) is 5.95. The number of carbonyl (C=O) groups excluding carboxylic acids is 2. The smallest absolute Gasteiger partial charge is 0.308 e. The second kappa shape index (κ2) is 6.67. The first-order chi connectivity index (χ1) is 12.0. The zero-order chi connectivity index (χ0) is 18.0. The van der Waals surface area contributed by atoms with E-state index >= 15 is 0 Å². The fraction of sp³-hybridized carbons (Fsp3) is 0.222. The lowest BCUT2D eigenvalue weighted by molar-refractivity contribution is -0.119. The molecule has 0 aromatic heterocycles. The molecule has 1 atom stereocenters. The van der Waals surface area contributed by atoms with Crippen LogP contribution in [0.4, 0.5) is 16.2 Å². The molecule has 0 unspecified atom stereocenters. The molecule has 2 aromatic carbocycles. The molecule has 1 fully saturated rings. The average Bonchev–Trinajstić information content (AvgIpc) is 2.81. The third-order valence-corrected chi connectivity index (χ3v) is 4.22. The highest BCUT2D eigenvalue weighted by molar-refractivity contribution is 6.21. The Morgan fingerprint density at radius 1 is 1.08 bits per heavy atom.